The highest BCUT2D eigenvalue weighted by Crippen LogP contribution is 2.07. The summed E-state index contributed by atoms with van der Waals surface area (Å²) in [5.74, 6) is 0. The maximum atomic E-state index is 11.4. The van der Waals surface area contributed by atoms with E-state index in [4.69, 9.17) is 5.26 Å². The topological polar surface area (TPSA) is 58.7 Å². The van der Waals surface area contributed by atoms with Crippen molar-refractivity contribution >= 4 is 0 Å². The minimum absolute atomic E-state index is 0.310. The van der Waals surface area contributed by atoms with E-state index in [2.05, 4.69) is 11.1 Å². The number of rotatable bonds is 2. The molecule has 1 aromatic carbocycles. The molecule has 2 aromatic rings. The van der Waals surface area contributed by atoms with Gasteiger partial charge in [-0.25, -0.2) is 9.78 Å². The molecular formula is C12H9N3O. The van der Waals surface area contributed by atoms with Gasteiger partial charge in [0.25, 0.3) is 0 Å². The lowest BCUT2D eigenvalue weighted by atomic mass is 10.1. The van der Waals surface area contributed by atoms with E-state index in [0.717, 1.165) is 5.56 Å². The Morgan fingerprint density at radius 1 is 1.31 bits per heavy atom. The standard InChI is InChI=1S/C12H9N3O/c13-8-10-4-1-2-5-11(10)9-15-7-3-6-14-12(15)16/h1-7H,9H2. The Labute approximate surface area is 92.4 Å². The van der Waals surface area contributed by atoms with Crippen molar-refractivity contribution in [1.29, 1.82) is 5.26 Å². The van der Waals surface area contributed by atoms with Gasteiger partial charge in [-0.3, -0.25) is 4.57 Å². The van der Waals surface area contributed by atoms with E-state index in [1.807, 2.05) is 12.1 Å². The molecule has 78 valence electrons. The third-order valence-corrected chi connectivity index (χ3v) is 2.26. The monoisotopic (exact) mass is 211 g/mol. The highest BCUT2D eigenvalue weighted by molar-refractivity contribution is 5.37. The fourth-order valence-electron chi connectivity index (χ4n) is 1.46. The van der Waals surface area contributed by atoms with Crippen LogP contribution in [0.25, 0.3) is 0 Å². The van der Waals surface area contributed by atoms with Crippen LogP contribution >= 0.6 is 0 Å². The molecule has 0 atom stereocenters. The summed E-state index contributed by atoms with van der Waals surface area (Å²) in [6.45, 7) is 0.371. The van der Waals surface area contributed by atoms with Crippen LogP contribution in [0, 0.1) is 11.3 Å². The second-order valence-electron chi connectivity index (χ2n) is 3.30. The first-order chi connectivity index (χ1) is 7.81. The van der Waals surface area contributed by atoms with Crippen LogP contribution in [0.4, 0.5) is 0 Å². The number of aromatic nitrogens is 2. The molecule has 2 rings (SSSR count). The first-order valence-corrected chi connectivity index (χ1v) is 4.81. The maximum absolute atomic E-state index is 11.4. The Morgan fingerprint density at radius 3 is 2.88 bits per heavy atom. The molecule has 0 saturated heterocycles. The van der Waals surface area contributed by atoms with E-state index in [9.17, 15) is 4.79 Å². The van der Waals surface area contributed by atoms with Crippen molar-refractivity contribution in [3.8, 4) is 6.07 Å². The Bertz CT molecular complexity index is 595. The zero-order valence-corrected chi connectivity index (χ0v) is 8.50. The van der Waals surface area contributed by atoms with Gasteiger partial charge in [0.2, 0.25) is 0 Å². The first-order valence-electron chi connectivity index (χ1n) is 4.81. The molecule has 0 radical (unpaired) electrons. The van der Waals surface area contributed by atoms with Crippen LogP contribution in [-0.2, 0) is 6.54 Å². The molecule has 1 aromatic heterocycles. The van der Waals surface area contributed by atoms with Crippen LogP contribution in [0.2, 0.25) is 0 Å². The zero-order valence-electron chi connectivity index (χ0n) is 8.50. The van der Waals surface area contributed by atoms with Gasteiger partial charge < -0.3 is 0 Å². The Kier molecular flexibility index (Phi) is 2.79. The van der Waals surface area contributed by atoms with Crippen molar-refractivity contribution in [2.75, 3.05) is 0 Å². The SMILES string of the molecule is N#Cc1ccccc1Cn1cccnc1=O. The Morgan fingerprint density at radius 2 is 2.12 bits per heavy atom. The summed E-state index contributed by atoms with van der Waals surface area (Å²) >= 11 is 0. The van der Waals surface area contributed by atoms with E-state index in [1.165, 1.54) is 10.8 Å². The van der Waals surface area contributed by atoms with Gasteiger partial charge in [-0.05, 0) is 17.7 Å². The molecule has 0 amide bonds. The summed E-state index contributed by atoms with van der Waals surface area (Å²) in [4.78, 5) is 15.0. The van der Waals surface area contributed by atoms with E-state index in [1.54, 1.807) is 24.4 Å². The Balaban J connectivity index is 2.39. The average molecular weight is 211 g/mol. The predicted octanol–water partition coefficient (Wildman–Crippen LogP) is 1.16. The summed E-state index contributed by atoms with van der Waals surface area (Å²) in [5, 5.41) is 8.91. The van der Waals surface area contributed by atoms with Crippen LogP contribution in [0.15, 0.2) is 47.5 Å². The number of hydrogen-bond acceptors (Lipinski definition) is 3. The number of nitriles is 1. The van der Waals surface area contributed by atoms with Gasteiger partial charge in [0.05, 0.1) is 18.2 Å². The summed E-state index contributed by atoms with van der Waals surface area (Å²) in [5.41, 5.74) is 1.09. The van der Waals surface area contributed by atoms with Gasteiger partial charge in [-0.15, -0.1) is 0 Å². The third-order valence-electron chi connectivity index (χ3n) is 2.26. The van der Waals surface area contributed by atoms with Gasteiger partial charge in [-0.2, -0.15) is 5.26 Å². The van der Waals surface area contributed by atoms with E-state index >= 15 is 0 Å². The van der Waals surface area contributed by atoms with Crippen LogP contribution in [-0.4, -0.2) is 9.55 Å². The minimum Gasteiger partial charge on any atom is -0.295 e. The molecule has 0 aliphatic rings. The summed E-state index contributed by atoms with van der Waals surface area (Å²) in [6, 6.07) is 11.0. The summed E-state index contributed by atoms with van der Waals surface area (Å²) in [7, 11) is 0. The number of benzene rings is 1. The Hall–Kier alpha value is -2.41. The van der Waals surface area contributed by atoms with E-state index < -0.39 is 0 Å². The van der Waals surface area contributed by atoms with Gasteiger partial charge in [0, 0.05) is 12.4 Å². The highest BCUT2D eigenvalue weighted by atomic mass is 16.1. The second kappa shape index (κ2) is 4.41. The van der Waals surface area contributed by atoms with E-state index in [-0.39, 0.29) is 5.69 Å². The minimum atomic E-state index is -0.310. The van der Waals surface area contributed by atoms with Crippen molar-refractivity contribution in [2.45, 2.75) is 6.54 Å². The molecule has 0 saturated carbocycles. The van der Waals surface area contributed by atoms with Crippen molar-refractivity contribution in [1.82, 2.24) is 9.55 Å². The van der Waals surface area contributed by atoms with Gasteiger partial charge >= 0.3 is 5.69 Å². The van der Waals surface area contributed by atoms with Crippen molar-refractivity contribution < 1.29 is 0 Å². The highest BCUT2D eigenvalue weighted by Gasteiger charge is 2.02. The van der Waals surface area contributed by atoms with Crippen LogP contribution in [0.5, 0.6) is 0 Å². The lowest BCUT2D eigenvalue weighted by molar-refractivity contribution is 0.725. The smallest absolute Gasteiger partial charge is 0.295 e. The maximum Gasteiger partial charge on any atom is 0.347 e. The van der Waals surface area contributed by atoms with Crippen LogP contribution in [0.3, 0.4) is 0 Å². The van der Waals surface area contributed by atoms with Crippen LogP contribution < -0.4 is 5.69 Å². The molecule has 4 heteroatoms. The molecule has 0 unspecified atom stereocenters. The molecular weight excluding hydrogens is 202 g/mol. The zero-order chi connectivity index (χ0) is 11.4. The molecule has 0 aliphatic heterocycles. The number of hydrogen-bond donors (Lipinski definition) is 0. The van der Waals surface area contributed by atoms with Crippen molar-refractivity contribution in [3.63, 3.8) is 0 Å². The first kappa shape index (κ1) is 10.1. The van der Waals surface area contributed by atoms with E-state index in [0.29, 0.717) is 12.1 Å². The molecule has 0 N–H and O–H groups in total. The van der Waals surface area contributed by atoms with Crippen molar-refractivity contribution in [3.05, 3.63) is 64.3 Å². The van der Waals surface area contributed by atoms with Gasteiger partial charge in [0.15, 0.2) is 0 Å². The summed E-state index contributed by atoms with van der Waals surface area (Å²) in [6.07, 6.45) is 3.11. The largest absolute Gasteiger partial charge is 0.347 e. The van der Waals surface area contributed by atoms with Gasteiger partial charge in [-0.1, -0.05) is 18.2 Å². The molecule has 0 fully saturated rings. The lowest BCUT2D eigenvalue weighted by Gasteiger charge is -2.05. The fourth-order valence-corrected chi connectivity index (χ4v) is 1.46. The molecule has 0 aliphatic carbocycles. The third kappa shape index (κ3) is 1.98. The number of nitrogens with zero attached hydrogens (tertiary/aromatic N) is 3. The fraction of sp³-hybridized carbons (Fsp3) is 0.0833. The molecule has 1 heterocycles. The lowest BCUT2D eigenvalue weighted by Crippen LogP contribution is -2.22. The normalized spacial score (nSPS) is 9.69. The van der Waals surface area contributed by atoms with Gasteiger partial charge in [0.1, 0.15) is 0 Å². The summed E-state index contributed by atoms with van der Waals surface area (Å²) < 4.78 is 1.47. The second-order valence-corrected chi connectivity index (χ2v) is 3.30. The van der Waals surface area contributed by atoms with Crippen LogP contribution in [0.1, 0.15) is 11.1 Å². The molecule has 0 bridgehead atoms. The quantitative estimate of drug-likeness (QED) is 0.749. The van der Waals surface area contributed by atoms with Crippen molar-refractivity contribution in [2.24, 2.45) is 0 Å². The average Bonchev–Trinajstić information content (AvgIpc) is 2.33. The predicted molar refractivity (Wildman–Crippen MR) is 58.8 cm³/mol. The molecule has 4 nitrogen and oxygen atoms in total. The molecule has 0 spiro atoms. The molecule has 16 heavy (non-hydrogen) atoms.